The SMILES string of the molecule is CCCc1nc2nc(-c3ccccc3OC)cc(=O)n2[nH]1. The first-order valence-electron chi connectivity index (χ1n) is 6.85. The quantitative estimate of drug-likeness (QED) is 0.795. The molecule has 0 saturated heterocycles. The molecule has 6 nitrogen and oxygen atoms in total. The topological polar surface area (TPSA) is 72.3 Å². The van der Waals surface area contributed by atoms with Crippen molar-refractivity contribution < 1.29 is 4.74 Å². The summed E-state index contributed by atoms with van der Waals surface area (Å²) in [4.78, 5) is 21.0. The average Bonchev–Trinajstić information content (AvgIpc) is 2.91. The maximum Gasteiger partial charge on any atom is 0.274 e. The summed E-state index contributed by atoms with van der Waals surface area (Å²) in [6, 6.07) is 8.96. The van der Waals surface area contributed by atoms with Crippen molar-refractivity contribution in [1.82, 2.24) is 19.6 Å². The van der Waals surface area contributed by atoms with Crippen LogP contribution in [-0.2, 0) is 6.42 Å². The van der Waals surface area contributed by atoms with E-state index in [1.165, 1.54) is 10.6 Å². The molecule has 3 aromatic rings. The van der Waals surface area contributed by atoms with Crippen molar-refractivity contribution in [2.24, 2.45) is 0 Å². The number of ether oxygens (including phenoxy) is 1. The molecule has 0 aliphatic rings. The molecule has 0 atom stereocenters. The van der Waals surface area contributed by atoms with Gasteiger partial charge in [-0.1, -0.05) is 19.1 Å². The zero-order chi connectivity index (χ0) is 14.8. The van der Waals surface area contributed by atoms with Crippen molar-refractivity contribution in [2.45, 2.75) is 19.8 Å². The number of rotatable bonds is 4. The van der Waals surface area contributed by atoms with Crippen LogP contribution in [0.15, 0.2) is 35.1 Å². The predicted octanol–water partition coefficient (Wildman–Crippen LogP) is 2.05. The molecule has 2 aromatic heterocycles. The third kappa shape index (κ3) is 2.40. The molecular weight excluding hydrogens is 268 g/mol. The standard InChI is InChI=1S/C15H16N4O2/c1-3-6-13-17-15-16-11(9-14(20)19(15)18-13)10-7-4-5-8-12(10)21-2/h4-5,7-9H,3,6H2,1-2H3,(H,16,17,18). The molecule has 0 aliphatic heterocycles. The van der Waals surface area contributed by atoms with Crippen LogP contribution in [-0.4, -0.2) is 26.7 Å². The lowest BCUT2D eigenvalue weighted by molar-refractivity contribution is 0.416. The average molecular weight is 284 g/mol. The van der Waals surface area contributed by atoms with Gasteiger partial charge < -0.3 is 4.74 Å². The zero-order valence-electron chi connectivity index (χ0n) is 12.0. The second-order valence-corrected chi connectivity index (χ2v) is 4.74. The number of hydrogen-bond donors (Lipinski definition) is 1. The minimum Gasteiger partial charge on any atom is -0.496 e. The second kappa shape index (κ2) is 5.40. The highest BCUT2D eigenvalue weighted by Crippen LogP contribution is 2.27. The first-order chi connectivity index (χ1) is 10.2. The van der Waals surface area contributed by atoms with Crippen molar-refractivity contribution in [1.29, 1.82) is 0 Å². The zero-order valence-corrected chi connectivity index (χ0v) is 12.0. The van der Waals surface area contributed by atoms with Crippen LogP contribution in [0.2, 0.25) is 0 Å². The van der Waals surface area contributed by atoms with Gasteiger partial charge in [-0.25, -0.2) is 4.98 Å². The number of nitrogens with one attached hydrogen (secondary N) is 1. The Balaban J connectivity index is 2.18. The highest BCUT2D eigenvalue weighted by atomic mass is 16.5. The summed E-state index contributed by atoms with van der Waals surface area (Å²) >= 11 is 0. The van der Waals surface area contributed by atoms with Crippen LogP contribution in [0.4, 0.5) is 0 Å². The number of H-pyrrole nitrogens is 1. The molecule has 1 aromatic carbocycles. The highest BCUT2D eigenvalue weighted by molar-refractivity contribution is 5.67. The van der Waals surface area contributed by atoms with Crippen LogP contribution in [0.5, 0.6) is 5.75 Å². The maximum atomic E-state index is 12.2. The lowest BCUT2D eigenvalue weighted by atomic mass is 10.1. The summed E-state index contributed by atoms with van der Waals surface area (Å²) in [6.45, 7) is 2.06. The third-order valence-corrected chi connectivity index (χ3v) is 3.25. The fourth-order valence-electron chi connectivity index (χ4n) is 2.27. The Labute approximate surface area is 121 Å². The molecule has 0 radical (unpaired) electrons. The van der Waals surface area contributed by atoms with Crippen LogP contribution in [0.25, 0.3) is 17.0 Å². The van der Waals surface area contributed by atoms with Crippen molar-refractivity contribution >= 4 is 5.78 Å². The second-order valence-electron chi connectivity index (χ2n) is 4.74. The number of aromatic amines is 1. The molecule has 0 amide bonds. The fraction of sp³-hybridized carbons (Fsp3) is 0.267. The number of hydrogen-bond acceptors (Lipinski definition) is 4. The number of aryl methyl sites for hydroxylation is 1. The molecule has 108 valence electrons. The predicted molar refractivity (Wildman–Crippen MR) is 79.6 cm³/mol. The lowest BCUT2D eigenvalue weighted by Crippen LogP contribution is -2.14. The van der Waals surface area contributed by atoms with Gasteiger partial charge in [0.2, 0.25) is 0 Å². The van der Waals surface area contributed by atoms with E-state index in [9.17, 15) is 4.79 Å². The first kappa shape index (κ1) is 13.4. The van der Waals surface area contributed by atoms with Crippen LogP contribution < -0.4 is 10.3 Å². The van der Waals surface area contributed by atoms with E-state index in [4.69, 9.17) is 4.74 Å². The Morgan fingerprint density at radius 1 is 1.29 bits per heavy atom. The number of fused-ring (bicyclic) bond motifs is 1. The molecule has 0 unspecified atom stereocenters. The van der Waals surface area contributed by atoms with Gasteiger partial charge in [-0.3, -0.25) is 9.89 Å². The fourth-order valence-corrected chi connectivity index (χ4v) is 2.27. The largest absolute Gasteiger partial charge is 0.496 e. The minimum absolute atomic E-state index is 0.184. The molecule has 0 aliphatic carbocycles. The summed E-state index contributed by atoms with van der Waals surface area (Å²) in [7, 11) is 1.60. The smallest absolute Gasteiger partial charge is 0.274 e. The van der Waals surface area contributed by atoms with Crippen molar-refractivity contribution in [2.75, 3.05) is 7.11 Å². The van der Waals surface area contributed by atoms with E-state index in [1.807, 2.05) is 24.3 Å². The van der Waals surface area contributed by atoms with Crippen LogP contribution in [0.1, 0.15) is 19.2 Å². The van der Waals surface area contributed by atoms with E-state index in [1.54, 1.807) is 7.11 Å². The number of para-hydroxylation sites is 1. The summed E-state index contributed by atoms with van der Waals surface area (Å²) in [5.74, 6) is 1.82. The Kier molecular flexibility index (Phi) is 3.43. The van der Waals surface area contributed by atoms with E-state index in [0.717, 1.165) is 24.2 Å². The third-order valence-electron chi connectivity index (χ3n) is 3.25. The number of methoxy groups -OCH3 is 1. The summed E-state index contributed by atoms with van der Waals surface area (Å²) in [5.41, 5.74) is 1.15. The molecule has 3 rings (SSSR count). The van der Waals surface area contributed by atoms with Gasteiger partial charge in [-0.15, -0.1) is 0 Å². The van der Waals surface area contributed by atoms with Gasteiger partial charge in [-0.2, -0.15) is 9.50 Å². The van der Waals surface area contributed by atoms with Crippen LogP contribution in [0.3, 0.4) is 0 Å². The molecule has 6 heteroatoms. The Bertz CT molecular complexity index is 835. The van der Waals surface area contributed by atoms with E-state index < -0.39 is 0 Å². The van der Waals surface area contributed by atoms with Crippen LogP contribution in [0, 0.1) is 0 Å². The molecule has 1 N–H and O–H groups in total. The summed E-state index contributed by atoms with van der Waals surface area (Å²) < 4.78 is 6.68. The highest BCUT2D eigenvalue weighted by Gasteiger charge is 2.11. The lowest BCUT2D eigenvalue weighted by Gasteiger charge is -2.06. The molecular formula is C15H16N4O2. The van der Waals surface area contributed by atoms with Gasteiger partial charge in [0.1, 0.15) is 11.6 Å². The van der Waals surface area contributed by atoms with Gasteiger partial charge in [-0.05, 0) is 18.6 Å². The van der Waals surface area contributed by atoms with E-state index in [2.05, 4.69) is 22.0 Å². The molecule has 21 heavy (non-hydrogen) atoms. The summed E-state index contributed by atoms with van der Waals surface area (Å²) in [5, 5.41) is 2.97. The molecule has 0 bridgehead atoms. The number of aromatic nitrogens is 4. The minimum atomic E-state index is -0.184. The van der Waals surface area contributed by atoms with Gasteiger partial charge >= 0.3 is 0 Å². The van der Waals surface area contributed by atoms with Gasteiger partial charge in [0.15, 0.2) is 0 Å². The monoisotopic (exact) mass is 284 g/mol. The van der Waals surface area contributed by atoms with Gasteiger partial charge in [0.05, 0.1) is 12.8 Å². The number of nitrogens with zero attached hydrogens (tertiary/aromatic N) is 3. The molecule has 0 fully saturated rings. The molecule has 0 saturated carbocycles. The summed E-state index contributed by atoms with van der Waals surface area (Å²) in [6.07, 6.45) is 1.74. The van der Waals surface area contributed by atoms with E-state index in [0.29, 0.717) is 17.2 Å². The van der Waals surface area contributed by atoms with Crippen LogP contribution >= 0.6 is 0 Å². The van der Waals surface area contributed by atoms with Gasteiger partial charge in [0.25, 0.3) is 11.3 Å². The number of benzene rings is 1. The van der Waals surface area contributed by atoms with Crippen molar-refractivity contribution in [3.8, 4) is 17.0 Å². The molecule has 0 spiro atoms. The van der Waals surface area contributed by atoms with Crippen molar-refractivity contribution in [3.05, 3.63) is 46.5 Å². The Morgan fingerprint density at radius 3 is 2.86 bits per heavy atom. The first-order valence-corrected chi connectivity index (χ1v) is 6.85. The van der Waals surface area contributed by atoms with E-state index >= 15 is 0 Å². The molecule has 2 heterocycles. The van der Waals surface area contributed by atoms with Gasteiger partial charge in [0, 0.05) is 18.1 Å². The normalized spacial score (nSPS) is 11.0. The maximum absolute atomic E-state index is 12.2. The van der Waals surface area contributed by atoms with E-state index in [-0.39, 0.29) is 5.56 Å². The Hall–Kier alpha value is -2.63. The Morgan fingerprint density at radius 2 is 2.10 bits per heavy atom. The van der Waals surface area contributed by atoms with Crippen molar-refractivity contribution in [3.63, 3.8) is 0 Å².